The molecule has 1 saturated heterocycles. The Morgan fingerprint density at radius 3 is 2.73 bits per heavy atom. The van der Waals surface area contributed by atoms with Crippen LogP contribution in [0.15, 0.2) is 0 Å². The minimum Gasteiger partial charge on any atom is -0.354 e. The quantitative estimate of drug-likeness (QED) is 0.904. The van der Waals surface area contributed by atoms with Gasteiger partial charge in [-0.25, -0.2) is 0 Å². The van der Waals surface area contributed by atoms with E-state index in [1.54, 1.807) is 4.90 Å². The molecule has 0 spiro atoms. The predicted octanol–water partition coefficient (Wildman–Crippen LogP) is 1.05. The highest BCUT2D eigenvalue weighted by Gasteiger charge is 2.21. The lowest BCUT2D eigenvalue weighted by Crippen LogP contribution is -2.35. The number of aryl methyl sites for hydroxylation is 1. The standard InChI is InChI=1S/C16H26N4O2/c1-11(2)10-20-13(4)14(12(3)18-20)9-16(22)19-7-5-15(21)17-6-8-19/h11H,5-10H2,1-4H3,(H,17,21). The van der Waals surface area contributed by atoms with Gasteiger partial charge in [-0.05, 0) is 19.8 Å². The minimum absolute atomic E-state index is 0.0208. The zero-order valence-electron chi connectivity index (χ0n) is 14.0. The van der Waals surface area contributed by atoms with Gasteiger partial charge in [-0.1, -0.05) is 13.8 Å². The summed E-state index contributed by atoms with van der Waals surface area (Å²) < 4.78 is 2.00. The van der Waals surface area contributed by atoms with Crippen molar-refractivity contribution in [1.82, 2.24) is 20.0 Å². The monoisotopic (exact) mass is 306 g/mol. The van der Waals surface area contributed by atoms with E-state index < -0.39 is 0 Å². The van der Waals surface area contributed by atoms with Crippen LogP contribution in [0.3, 0.4) is 0 Å². The minimum atomic E-state index is 0.0208. The molecule has 2 heterocycles. The Balaban J connectivity index is 2.08. The maximum Gasteiger partial charge on any atom is 0.227 e. The molecule has 22 heavy (non-hydrogen) atoms. The number of amides is 2. The predicted molar refractivity (Wildman–Crippen MR) is 84.4 cm³/mol. The van der Waals surface area contributed by atoms with Crippen molar-refractivity contribution in [3.63, 3.8) is 0 Å². The molecule has 0 aromatic carbocycles. The van der Waals surface area contributed by atoms with E-state index in [-0.39, 0.29) is 11.8 Å². The molecule has 1 aromatic rings. The molecule has 1 aliphatic rings. The normalized spacial score (nSPS) is 15.9. The second kappa shape index (κ2) is 6.94. The van der Waals surface area contributed by atoms with Gasteiger partial charge in [-0.3, -0.25) is 14.3 Å². The molecule has 6 nitrogen and oxygen atoms in total. The van der Waals surface area contributed by atoms with E-state index in [1.165, 1.54) is 0 Å². The van der Waals surface area contributed by atoms with Crippen molar-refractivity contribution in [3.05, 3.63) is 17.0 Å². The van der Waals surface area contributed by atoms with Gasteiger partial charge in [-0.15, -0.1) is 0 Å². The maximum absolute atomic E-state index is 12.5. The average molecular weight is 306 g/mol. The van der Waals surface area contributed by atoms with Crippen LogP contribution in [0.5, 0.6) is 0 Å². The van der Waals surface area contributed by atoms with Gasteiger partial charge in [0.2, 0.25) is 11.8 Å². The van der Waals surface area contributed by atoms with Crippen LogP contribution in [0, 0.1) is 19.8 Å². The van der Waals surface area contributed by atoms with E-state index >= 15 is 0 Å². The van der Waals surface area contributed by atoms with Gasteiger partial charge < -0.3 is 10.2 Å². The summed E-state index contributed by atoms with van der Waals surface area (Å²) in [6, 6.07) is 0. The molecule has 0 bridgehead atoms. The molecule has 0 atom stereocenters. The van der Waals surface area contributed by atoms with Crippen LogP contribution < -0.4 is 5.32 Å². The Labute approximate surface area is 131 Å². The van der Waals surface area contributed by atoms with Crippen molar-refractivity contribution in [2.75, 3.05) is 19.6 Å². The molecular formula is C16H26N4O2. The lowest BCUT2D eigenvalue weighted by atomic mass is 10.1. The number of rotatable bonds is 4. The Kier molecular flexibility index (Phi) is 5.21. The van der Waals surface area contributed by atoms with Gasteiger partial charge >= 0.3 is 0 Å². The Hall–Kier alpha value is -1.85. The van der Waals surface area contributed by atoms with Crippen molar-refractivity contribution in [1.29, 1.82) is 0 Å². The maximum atomic E-state index is 12.5. The highest BCUT2D eigenvalue weighted by molar-refractivity contribution is 5.81. The van der Waals surface area contributed by atoms with Crippen LogP contribution in [0.4, 0.5) is 0 Å². The number of carbonyl (C=O) groups is 2. The van der Waals surface area contributed by atoms with Gasteiger partial charge in [0.25, 0.3) is 0 Å². The zero-order chi connectivity index (χ0) is 16.3. The number of carbonyl (C=O) groups excluding carboxylic acids is 2. The SMILES string of the molecule is Cc1nn(CC(C)C)c(C)c1CC(=O)N1CCNC(=O)CC1. The average Bonchev–Trinajstić information content (AvgIpc) is 2.63. The number of nitrogens with one attached hydrogen (secondary N) is 1. The largest absolute Gasteiger partial charge is 0.354 e. The molecule has 0 saturated carbocycles. The molecule has 2 amide bonds. The van der Waals surface area contributed by atoms with E-state index in [0.717, 1.165) is 23.5 Å². The third kappa shape index (κ3) is 3.87. The molecule has 1 N–H and O–H groups in total. The molecule has 0 unspecified atom stereocenters. The van der Waals surface area contributed by atoms with Crippen molar-refractivity contribution >= 4 is 11.8 Å². The van der Waals surface area contributed by atoms with E-state index in [2.05, 4.69) is 24.3 Å². The molecule has 6 heteroatoms. The molecule has 122 valence electrons. The highest BCUT2D eigenvalue weighted by Crippen LogP contribution is 2.16. The molecule has 0 aliphatic carbocycles. The van der Waals surface area contributed by atoms with Crippen LogP contribution in [0.25, 0.3) is 0 Å². The lowest BCUT2D eigenvalue weighted by Gasteiger charge is -2.19. The summed E-state index contributed by atoms with van der Waals surface area (Å²) >= 11 is 0. The van der Waals surface area contributed by atoms with E-state index in [9.17, 15) is 9.59 Å². The first-order valence-electron chi connectivity index (χ1n) is 7.95. The fourth-order valence-corrected chi connectivity index (χ4v) is 2.79. The summed E-state index contributed by atoms with van der Waals surface area (Å²) in [7, 11) is 0. The van der Waals surface area contributed by atoms with E-state index in [4.69, 9.17) is 0 Å². The first kappa shape index (κ1) is 16.5. The van der Waals surface area contributed by atoms with Crippen molar-refractivity contribution in [2.45, 2.75) is 47.1 Å². The van der Waals surface area contributed by atoms with Crippen LogP contribution >= 0.6 is 0 Å². The third-order valence-electron chi connectivity index (χ3n) is 4.06. The topological polar surface area (TPSA) is 67.2 Å². The third-order valence-corrected chi connectivity index (χ3v) is 4.06. The lowest BCUT2D eigenvalue weighted by molar-refractivity contribution is -0.130. The van der Waals surface area contributed by atoms with Crippen LogP contribution in [-0.4, -0.2) is 46.1 Å². The smallest absolute Gasteiger partial charge is 0.227 e. The molecule has 0 radical (unpaired) electrons. The van der Waals surface area contributed by atoms with Crippen molar-refractivity contribution in [2.24, 2.45) is 5.92 Å². The number of hydrogen-bond donors (Lipinski definition) is 1. The summed E-state index contributed by atoms with van der Waals surface area (Å²) in [4.78, 5) is 25.6. The molecule has 1 fully saturated rings. The van der Waals surface area contributed by atoms with E-state index in [0.29, 0.717) is 38.4 Å². The highest BCUT2D eigenvalue weighted by atomic mass is 16.2. The number of aromatic nitrogens is 2. The summed E-state index contributed by atoms with van der Waals surface area (Å²) in [5.41, 5.74) is 3.02. The van der Waals surface area contributed by atoms with Gasteiger partial charge in [0.15, 0.2) is 0 Å². The first-order valence-corrected chi connectivity index (χ1v) is 7.95. The van der Waals surface area contributed by atoms with Crippen molar-refractivity contribution < 1.29 is 9.59 Å². The van der Waals surface area contributed by atoms with Gasteiger partial charge in [-0.2, -0.15) is 5.10 Å². The summed E-state index contributed by atoms with van der Waals surface area (Å²) in [5, 5.41) is 7.35. The fourth-order valence-electron chi connectivity index (χ4n) is 2.79. The fraction of sp³-hybridized carbons (Fsp3) is 0.688. The number of hydrogen-bond acceptors (Lipinski definition) is 3. The van der Waals surface area contributed by atoms with Gasteiger partial charge in [0, 0.05) is 43.9 Å². The molecule has 1 aliphatic heterocycles. The molecule has 2 rings (SSSR count). The Morgan fingerprint density at radius 2 is 2.05 bits per heavy atom. The second-order valence-electron chi connectivity index (χ2n) is 6.38. The van der Waals surface area contributed by atoms with Gasteiger partial charge in [0.1, 0.15) is 0 Å². The summed E-state index contributed by atoms with van der Waals surface area (Å²) in [6.45, 7) is 10.8. The van der Waals surface area contributed by atoms with Crippen LogP contribution in [0.1, 0.15) is 37.2 Å². The van der Waals surface area contributed by atoms with Crippen LogP contribution in [0.2, 0.25) is 0 Å². The van der Waals surface area contributed by atoms with Crippen LogP contribution in [-0.2, 0) is 22.6 Å². The summed E-state index contributed by atoms with van der Waals surface area (Å²) in [6.07, 6.45) is 0.750. The van der Waals surface area contributed by atoms with E-state index in [1.807, 2.05) is 18.5 Å². The second-order valence-corrected chi connectivity index (χ2v) is 6.38. The zero-order valence-corrected chi connectivity index (χ0v) is 14.0. The summed E-state index contributed by atoms with van der Waals surface area (Å²) in [5.74, 6) is 0.614. The first-order chi connectivity index (χ1) is 10.4. The van der Waals surface area contributed by atoms with Gasteiger partial charge in [0.05, 0.1) is 12.1 Å². The van der Waals surface area contributed by atoms with Crippen molar-refractivity contribution in [3.8, 4) is 0 Å². The Morgan fingerprint density at radius 1 is 1.32 bits per heavy atom. The molecular weight excluding hydrogens is 280 g/mol. The number of nitrogens with zero attached hydrogens (tertiary/aromatic N) is 3. The molecule has 1 aromatic heterocycles. The Bertz CT molecular complexity index is 563.